The fourth-order valence-electron chi connectivity index (χ4n) is 2.14. The topological polar surface area (TPSA) is 54.4 Å². The lowest BCUT2D eigenvalue weighted by Gasteiger charge is -2.18. The molecule has 0 saturated heterocycles. The zero-order valence-electron chi connectivity index (χ0n) is 13.5. The minimum atomic E-state index is -0.962. The zero-order valence-corrected chi connectivity index (χ0v) is 13.5. The molecule has 0 saturated carbocycles. The van der Waals surface area contributed by atoms with Crippen LogP contribution in [-0.4, -0.2) is 16.9 Å². The number of allylic oxidation sites excluding steroid dienone is 1. The number of aromatic carboxylic acids is 1. The molecular formula is C20H20O3. The van der Waals surface area contributed by atoms with Gasteiger partial charge in [0, 0.05) is 5.56 Å². The summed E-state index contributed by atoms with van der Waals surface area (Å²) >= 11 is 0. The Labute approximate surface area is 136 Å². The first-order valence-corrected chi connectivity index (χ1v) is 7.44. The van der Waals surface area contributed by atoms with Gasteiger partial charge in [-0.3, -0.25) is 4.79 Å². The standard InChI is InChI=1S/C20H20O3/c1-20(2,3)17-11-9-15(10-12-17)18(21)13-6-14-4-7-16(8-5-14)19(22)23/h4-13H,1-3H3,(H,22,23)/b13-6+. The normalized spacial score (nSPS) is 11.6. The molecule has 0 radical (unpaired) electrons. The average molecular weight is 308 g/mol. The molecular weight excluding hydrogens is 288 g/mol. The highest BCUT2D eigenvalue weighted by molar-refractivity contribution is 6.06. The second-order valence-electron chi connectivity index (χ2n) is 6.45. The van der Waals surface area contributed by atoms with Crippen molar-refractivity contribution in [2.24, 2.45) is 0 Å². The molecule has 118 valence electrons. The number of hydrogen-bond acceptors (Lipinski definition) is 2. The third-order valence-electron chi connectivity index (χ3n) is 3.62. The Morgan fingerprint density at radius 3 is 1.87 bits per heavy atom. The van der Waals surface area contributed by atoms with Gasteiger partial charge < -0.3 is 5.11 Å². The molecule has 0 fully saturated rings. The van der Waals surface area contributed by atoms with Crippen molar-refractivity contribution in [3.05, 3.63) is 76.9 Å². The van der Waals surface area contributed by atoms with Gasteiger partial charge in [-0.1, -0.05) is 63.2 Å². The van der Waals surface area contributed by atoms with Gasteiger partial charge in [0.2, 0.25) is 0 Å². The molecule has 3 heteroatoms. The Hall–Kier alpha value is -2.68. The van der Waals surface area contributed by atoms with Crippen LogP contribution in [0, 0.1) is 0 Å². The fourth-order valence-corrected chi connectivity index (χ4v) is 2.14. The van der Waals surface area contributed by atoms with Crippen LogP contribution in [0.5, 0.6) is 0 Å². The van der Waals surface area contributed by atoms with Crippen molar-refractivity contribution in [2.45, 2.75) is 26.2 Å². The van der Waals surface area contributed by atoms with Gasteiger partial charge in [0.1, 0.15) is 0 Å². The van der Waals surface area contributed by atoms with E-state index in [1.165, 1.54) is 23.8 Å². The van der Waals surface area contributed by atoms with E-state index in [2.05, 4.69) is 20.8 Å². The summed E-state index contributed by atoms with van der Waals surface area (Å²) in [5.74, 6) is -1.04. The lowest BCUT2D eigenvalue weighted by molar-refractivity contribution is 0.0696. The molecule has 0 aliphatic carbocycles. The van der Waals surface area contributed by atoms with Gasteiger partial charge in [0.05, 0.1) is 5.56 Å². The van der Waals surface area contributed by atoms with Crippen LogP contribution < -0.4 is 0 Å². The van der Waals surface area contributed by atoms with Crippen LogP contribution in [0.4, 0.5) is 0 Å². The van der Waals surface area contributed by atoms with E-state index in [1.807, 2.05) is 24.3 Å². The van der Waals surface area contributed by atoms with Crippen molar-refractivity contribution in [1.29, 1.82) is 0 Å². The summed E-state index contributed by atoms with van der Waals surface area (Å²) in [6, 6.07) is 14.0. The highest BCUT2D eigenvalue weighted by Crippen LogP contribution is 2.22. The summed E-state index contributed by atoms with van der Waals surface area (Å²) in [7, 11) is 0. The maximum absolute atomic E-state index is 12.2. The molecule has 0 aliphatic heterocycles. The number of carbonyl (C=O) groups excluding carboxylic acids is 1. The largest absolute Gasteiger partial charge is 0.478 e. The molecule has 2 aromatic carbocycles. The number of benzene rings is 2. The Morgan fingerprint density at radius 1 is 0.870 bits per heavy atom. The lowest BCUT2D eigenvalue weighted by Crippen LogP contribution is -2.11. The monoisotopic (exact) mass is 308 g/mol. The first-order valence-electron chi connectivity index (χ1n) is 7.44. The zero-order chi connectivity index (χ0) is 17.0. The summed E-state index contributed by atoms with van der Waals surface area (Å²) in [5, 5.41) is 8.85. The molecule has 0 bridgehead atoms. The molecule has 23 heavy (non-hydrogen) atoms. The van der Waals surface area contributed by atoms with Crippen molar-refractivity contribution in [1.82, 2.24) is 0 Å². The van der Waals surface area contributed by atoms with E-state index in [4.69, 9.17) is 5.11 Å². The smallest absolute Gasteiger partial charge is 0.335 e. The number of carbonyl (C=O) groups is 2. The quantitative estimate of drug-likeness (QED) is 0.664. The summed E-state index contributed by atoms with van der Waals surface area (Å²) < 4.78 is 0. The Morgan fingerprint density at radius 2 is 1.39 bits per heavy atom. The molecule has 0 amide bonds. The van der Waals surface area contributed by atoms with E-state index in [0.717, 1.165) is 5.56 Å². The third-order valence-corrected chi connectivity index (χ3v) is 3.62. The predicted octanol–water partition coefficient (Wildman–Crippen LogP) is 4.58. The van der Waals surface area contributed by atoms with Crippen molar-refractivity contribution in [3.63, 3.8) is 0 Å². The van der Waals surface area contributed by atoms with E-state index < -0.39 is 5.97 Å². The average Bonchev–Trinajstić information content (AvgIpc) is 2.52. The van der Waals surface area contributed by atoms with Crippen molar-refractivity contribution in [3.8, 4) is 0 Å². The summed E-state index contributed by atoms with van der Waals surface area (Å²) in [6.07, 6.45) is 3.19. The fraction of sp³-hybridized carbons (Fsp3) is 0.200. The number of carboxylic acids is 1. The molecule has 0 atom stereocenters. The molecule has 0 spiro atoms. The van der Waals surface area contributed by atoms with Gasteiger partial charge in [-0.2, -0.15) is 0 Å². The van der Waals surface area contributed by atoms with Gasteiger partial charge in [-0.05, 0) is 34.8 Å². The van der Waals surface area contributed by atoms with E-state index >= 15 is 0 Å². The highest BCUT2D eigenvalue weighted by atomic mass is 16.4. The summed E-state index contributed by atoms with van der Waals surface area (Å²) in [6.45, 7) is 6.39. The van der Waals surface area contributed by atoms with E-state index in [9.17, 15) is 9.59 Å². The van der Waals surface area contributed by atoms with Crippen LogP contribution in [-0.2, 0) is 5.41 Å². The molecule has 1 N–H and O–H groups in total. The van der Waals surface area contributed by atoms with Crippen molar-refractivity contribution in [2.75, 3.05) is 0 Å². The van der Waals surface area contributed by atoms with E-state index in [-0.39, 0.29) is 16.8 Å². The SMILES string of the molecule is CC(C)(C)c1ccc(C(=O)/C=C/c2ccc(C(=O)O)cc2)cc1. The van der Waals surface area contributed by atoms with Gasteiger partial charge in [0.25, 0.3) is 0 Å². The first-order chi connectivity index (χ1) is 10.8. The van der Waals surface area contributed by atoms with Gasteiger partial charge in [0.15, 0.2) is 5.78 Å². The van der Waals surface area contributed by atoms with Gasteiger partial charge in [-0.15, -0.1) is 0 Å². The maximum atomic E-state index is 12.2. The van der Waals surface area contributed by atoms with Crippen LogP contribution in [0.3, 0.4) is 0 Å². The molecule has 0 heterocycles. The van der Waals surface area contributed by atoms with Crippen LogP contribution in [0.2, 0.25) is 0 Å². The molecule has 0 aromatic heterocycles. The Kier molecular flexibility index (Phi) is 4.80. The number of rotatable bonds is 4. The Bertz CT molecular complexity index is 730. The highest BCUT2D eigenvalue weighted by Gasteiger charge is 2.13. The third kappa shape index (κ3) is 4.39. The molecule has 3 nitrogen and oxygen atoms in total. The Balaban J connectivity index is 2.10. The van der Waals surface area contributed by atoms with Crippen molar-refractivity contribution >= 4 is 17.8 Å². The number of ketones is 1. The second kappa shape index (κ2) is 6.61. The van der Waals surface area contributed by atoms with Gasteiger partial charge >= 0.3 is 5.97 Å². The molecule has 0 aliphatic rings. The van der Waals surface area contributed by atoms with Crippen LogP contribution >= 0.6 is 0 Å². The molecule has 0 unspecified atom stereocenters. The number of hydrogen-bond donors (Lipinski definition) is 1. The van der Waals surface area contributed by atoms with Gasteiger partial charge in [-0.25, -0.2) is 4.79 Å². The first kappa shape index (κ1) is 16.7. The number of carboxylic acid groups (broad SMARTS) is 1. The van der Waals surface area contributed by atoms with Crippen LogP contribution in [0.15, 0.2) is 54.6 Å². The predicted molar refractivity (Wildman–Crippen MR) is 91.9 cm³/mol. The van der Waals surface area contributed by atoms with Crippen LogP contribution in [0.25, 0.3) is 6.08 Å². The van der Waals surface area contributed by atoms with Crippen molar-refractivity contribution < 1.29 is 14.7 Å². The van der Waals surface area contributed by atoms with Crippen LogP contribution in [0.1, 0.15) is 52.6 Å². The molecule has 2 aromatic rings. The summed E-state index contributed by atoms with van der Waals surface area (Å²) in [4.78, 5) is 23.0. The second-order valence-corrected chi connectivity index (χ2v) is 6.45. The minimum absolute atomic E-state index is 0.0588. The van der Waals surface area contributed by atoms with E-state index in [1.54, 1.807) is 18.2 Å². The summed E-state index contributed by atoms with van der Waals surface area (Å²) in [5.41, 5.74) is 2.89. The minimum Gasteiger partial charge on any atom is -0.478 e. The maximum Gasteiger partial charge on any atom is 0.335 e. The lowest BCUT2D eigenvalue weighted by atomic mass is 9.86. The van der Waals surface area contributed by atoms with E-state index in [0.29, 0.717) is 5.56 Å². The molecule has 2 rings (SSSR count).